The first-order valence-electron chi connectivity index (χ1n) is 7.53. The van der Waals surface area contributed by atoms with Crippen LogP contribution in [0.3, 0.4) is 0 Å². The maximum Gasteiger partial charge on any atom is 0.230 e. The second-order valence-electron chi connectivity index (χ2n) is 5.20. The molecule has 0 radical (unpaired) electrons. The van der Waals surface area contributed by atoms with Gasteiger partial charge in [0, 0.05) is 33.5 Å². The molecular formula is C18H19ClFNOS2. The van der Waals surface area contributed by atoms with Gasteiger partial charge in [-0.1, -0.05) is 35.4 Å². The standard InChI is InChI=1S/C18H19ClFNOS2/c1-13-5-7-14(8-6-13)24-12-18(22)21-9-10-23-11-15-16(19)3-2-4-17(15)20/h2-8H,9-12H2,1H3,(H,21,22). The fourth-order valence-electron chi connectivity index (χ4n) is 1.94. The summed E-state index contributed by atoms with van der Waals surface area (Å²) in [6.07, 6.45) is 0. The van der Waals surface area contributed by atoms with E-state index in [0.717, 1.165) is 4.90 Å². The third-order valence-electron chi connectivity index (χ3n) is 3.27. The van der Waals surface area contributed by atoms with E-state index in [2.05, 4.69) is 5.32 Å². The molecule has 0 saturated heterocycles. The number of nitrogens with one attached hydrogen (secondary N) is 1. The summed E-state index contributed by atoms with van der Waals surface area (Å²) in [5.74, 6) is 1.33. The highest BCUT2D eigenvalue weighted by Crippen LogP contribution is 2.23. The highest BCUT2D eigenvalue weighted by Gasteiger charge is 2.07. The summed E-state index contributed by atoms with van der Waals surface area (Å²) in [7, 11) is 0. The van der Waals surface area contributed by atoms with E-state index in [1.165, 1.54) is 23.4 Å². The second-order valence-corrected chi connectivity index (χ2v) is 7.77. The zero-order valence-electron chi connectivity index (χ0n) is 13.4. The highest BCUT2D eigenvalue weighted by molar-refractivity contribution is 8.00. The molecule has 0 spiro atoms. The van der Waals surface area contributed by atoms with Crippen molar-refractivity contribution < 1.29 is 9.18 Å². The number of carbonyl (C=O) groups is 1. The van der Waals surface area contributed by atoms with Crippen LogP contribution in [0.2, 0.25) is 5.02 Å². The van der Waals surface area contributed by atoms with Crippen molar-refractivity contribution in [2.45, 2.75) is 17.6 Å². The van der Waals surface area contributed by atoms with Crippen molar-refractivity contribution in [3.8, 4) is 0 Å². The number of carbonyl (C=O) groups excluding carboxylic acids is 1. The molecule has 0 aliphatic heterocycles. The minimum atomic E-state index is -0.284. The van der Waals surface area contributed by atoms with E-state index in [9.17, 15) is 9.18 Å². The van der Waals surface area contributed by atoms with Crippen LogP contribution in [0.15, 0.2) is 47.4 Å². The van der Waals surface area contributed by atoms with Crippen LogP contribution in [0.25, 0.3) is 0 Å². The van der Waals surface area contributed by atoms with Gasteiger partial charge in [-0.3, -0.25) is 4.79 Å². The van der Waals surface area contributed by atoms with Gasteiger partial charge in [0.25, 0.3) is 0 Å². The number of hydrogen-bond acceptors (Lipinski definition) is 3. The Balaban J connectivity index is 1.62. The molecule has 128 valence electrons. The fraction of sp³-hybridized carbons (Fsp3) is 0.278. The Hall–Kier alpha value is -1.17. The van der Waals surface area contributed by atoms with Gasteiger partial charge in [0.05, 0.1) is 5.75 Å². The Bertz CT molecular complexity index is 659. The molecule has 0 saturated carbocycles. The number of amides is 1. The third kappa shape index (κ3) is 6.38. The predicted molar refractivity (Wildman–Crippen MR) is 102 cm³/mol. The van der Waals surface area contributed by atoms with Crippen LogP contribution in [0.4, 0.5) is 4.39 Å². The maximum atomic E-state index is 13.6. The van der Waals surface area contributed by atoms with Gasteiger partial charge in [-0.25, -0.2) is 4.39 Å². The smallest absolute Gasteiger partial charge is 0.230 e. The van der Waals surface area contributed by atoms with E-state index in [0.29, 0.717) is 34.4 Å². The summed E-state index contributed by atoms with van der Waals surface area (Å²) in [6.45, 7) is 2.59. The summed E-state index contributed by atoms with van der Waals surface area (Å²) < 4.78 is 13.6. The normalized spacial score (nSPS) is 10.6. The molecule has 2 rings (SSSR count). The third-order valence-corrected chi connectivity index (χ3v) is 5.62. The average molecular weight is 384 g/mol. The van der Waals surface area contributed by atoms with Crippen molar-refractivity contribution in [1.82, 2.24) is 5.32 Å². The van der Waals surface area contributed by atoms with E-state index in [4.69, 9.17) is 11.6 Å². The molecule has 1 N–H and O–H groups in total. The average Bonchev–Trinajstić information content (AvgIpc) is 2.56. The Kier molecular flexibility index (Phi) is 7.95. The number of rotatable bonds is 8. The summed E-state index contributed by atoms with van der Waals surface area (Å²) in [5, 5.41) is 3.32. The number of halogens is 2. The topological polar surface area (TPSA) is 29.1 Å². The molecule has 0 aliphatic rings. The van der Waals surface area contributed by atoms with E-state index in [-0.39, 0.29) is 11.7 Å². The van der Waals surface area contributed by atoms with Gasteiger partial charge in [0.15, 0.2) is 0 Å². The van der Waals surface area contributed by atoms with Crippen LogP contribution in [0.1, 0.15) is 11.1 Å². The lowest BCUT2D eigenvalue weighted by Crippen LogP contribution is -2.27. The molecule has 0 aromatic heterocycles. The van der Waals surface area contributed by atoms with E-state index in [1.807, 2.05) is 31.2 Å². The summed E-state index contributed by atoms with van der Waals surface area (Å²) in [6, 6.07) is 12.8. The second kappa shape index (κ2) is 9.97. The fourth-order valence-corrected chi connectivity index (χ4v) is 3.87. The van der Waals surface area contributed by atoms with Crippen molar-refractivity contribution >= 4 is 41.0 Å². The van der Waals surface area contributed by atoms with Crippen LogP contribution in [-0.2, 0) is 10.5 Å². The number of aryl methyl sites for hydroxylation is 1. The lowest BCUT2D eigenvalue weighted by molar-refractivity contribution is -0.118. The van der Waals surface area contributed by atoms with Crippen LogP contribution in [0.5, 0.6) is 0 Å². The zero-order chi connectivity index (χ0) is 17.4. The van der Waals surface area contributed by atoms with Gasteiger partial charge in [0.2, 0.25) is 5.91 Å². The SMILES string of the molecule is Cc1ccc(SCC(=O)NCCSCc2c(F)cccc2Cl)cc1. The number of benzene rings is 2. The van der Waals surface area contributed by atoms with Gasteiger partial charge in [-0.15, -0.1) is 11.8 Å². The largest absolute Gasteiger partial charge is 0.355 e. The predicted octanol–water partition coefficient (Wildman–Crippen LogP) is 4.93. The molecule has 2 aromatic rings. The van der Waals surface area contributed by atoms with Gasteiger partial charge in [-0.05, 0) is 31.2 Å². The van der Waals surface area contributed by atoms with Gasteiger partial charge in [0.1, 0.15) is 5.82 Å². The van der Waals surface area contributed by atoms with Crippen molar-refractivity contribution in [2.24, 2.45) is 0 Å². The summed E-state index contributed by atoms with van der Waals surface area (Å²) in [4.78, 5) is 12.9. The Morgan fingerprint density at radius 1 is 1.21 bits per heavy atom. The molecule has 6 heteroatoms. The first-order valence-corrected chi connectivity index (χ1v) is 10.0. The Morgan fingerprint density at radius 3 is 2.67 bits per heavy atom. The first-order chi connectivity index (χ1) is 11.6. The zero-order valence-corrected chi connectivity index (χ0v) is 15.7. The minimum absolute atomic E-state index is 0.00472. The molecule has 2 nitrogen and oxygen atoms in total. The van der Waals surface area contributed by atoms with Gasteiger partial charge >= 0.3 is 0 Å². The van der Waals surface area contributed by atoms with Crippen LogP contribution >= 0.6 is 35.1 Å². The quantitative estimate of drug-likeness (QED) is 0.517. The van der Waals surface area contributed by atoms with Gasteiger partial charge < -0.3 is 5.32 Å². The molecule has 0 heterocycles. The molecule has 24 heavy (non-hydrogen) atoms. The molecule has 2 aromatic carbocycles. The Morgan fingerprint density at radius 2 is 1.96 bits per heavy atom. The number of thioether (sulfide) groups is 2. The van der Waals surface area contributed by atoms with E-state index >= 15 is 0 Å². The summed E-state index contributed by atoms with van der Waals surface area (Å²) in [5.41, 5.74) is 1.72. The lowest BCUT2D eigenvalue weighted by Gasteiger charge is -2.07. The van der Waals surface area contributed by atoms with Crippen molar-refractivity contribution in [3.05, 3.63) is 64.4 Å². The monoisotopic (exact) mass is 383 g/mol. The minimum Gasteiger partial charge on any atom is -0.355 e. The van der Waals surface area contributed by atoms with Crippen molar-refractivity contribution in [1.29, 1.82) is 0 Å². The van der Waals surface area contributed by atoms with Crippen LogP contribution in [0, 0.1) is 12.7 Å². The lowest BCUT2D eigenvalue weighted by atomic mass is 10.2. The maximum absolute atomic E-state index is 13.6. The summed E-state index contributed by atoms with van der Waals surface area (Å²) >= 11 is 9.04. The van der Waals surface area contributed by atoms with Crippen molar-refractivity contribution in [3.63, 3.8) is 0 Å². The highest BCUT2D eigenvalue weighted by atomic mass is 35.5. The number of hydrogen-bond donors (Lipinski definition) is 1. The molecule has 0 atom stereocenters. The van der Waals surface area contributed by atoms with E-state index < -0.39 is 0 Å². The van der Waals surface area contributed by atoms with Gasteiger partial charge in [-0.2, -0.15) is 11.8 Å². The Labute approximate surface area is 155 Å². The molecule has 0 aliphatic carbocycles. The molecular weight excluding hydrogens is 365 g/mol. The van der Waals surface area contributed by atoms with E-state index in [1.54, 1.807) is 23.9 Å². The molecule has 0 unspecified atom stereocenters. The molecule has 1 amide bonds. The molecule has 0 bridgehead atoms. The van der Waals surface area contributed by atoms with Crippen LogP contribution < -0.4 is 5.32 Å². The van der Waals surface area contributed by atoms with Crippen molar-refractivity contribution in [2.75, 3.05) is 18.1 Å². The first kappa shape index (κ1) is 19.2. The molecule has 0 fully saturated rings. The van der Waals surface area contributed by atoms with Crippen LogP contribution in [-0.4, -0.2) is 24.0 Å².